The lowest BCUT2D eigenvalue weighted by atomic mass is 9.99. The summed E-state index contributed by atoms with van der Waals surface area (Å²) in [6.45, 7) is 3.74. The van der Waals surface area contributed by atoms with Gasteiger partial charge in [-0.1, -0.05) is 0 Å². The molecule has 1 saturated heterocycles. The number of fused-ring (bicyclic) bond motifs is 2. The molecule has 0 saturated carbocycles. The molecule has 6 rings (SSSR count). The lowest BCUT2D eigenvalue weighted by Gasteiger charge is -2.38. The molecule has 0 bridgehead atoms. The van der Waals surface area contributed by atoms with Gasteiger partial charge >= 0.3 is 0 Å². The number of nitrogens with zero attached hydrogens (tertiary/aromatic N) is 5. The van der Waals surface area contributed by atoms with Gasteiger partial charge in [-0.15, -0.1) is 0 Å². The third-order valence-electron chi connectivity index (χ3n) is 7.37. The van der Waals surface area contributed by atoms with Gasteiger partial charge in [0.25, 0.3) is 5.91 Å². The van der Waals surface area contributed by atoms with Gasteiger partial charge in [-0.3, -0.25) is 14.5 Å². The number of hydrogen-bond donors (Lipinski definition) is 0. The smallest absolute Gasteiger partial charge is 0.256 e. The Balaban J connectivity index is 1.25. The summed E-state index contributed by atoms with van der Waals surface area (Å²) in [5.74, 6) is -1.37. The van der Waals surface area contributed by atoms with E-state index < -0.39 is 26.9 Å². The Labute approximate surface area is 230 Å². The Morgan fingerprint density at radius 2 is 1.82 bits per heavy atom. The van der Waals surface area contributed by atoms with Crippen LogP contribution in [0.4, 0.5) is 8.78 Å². The van der Waals surface area contributed by atoms with Crippen LogP contribution in [0, 0.1) is 11.6 Å². The molecule has 208 valence electrons. The fourth-order valence-corrected chi connectivity index (χ4v) is 6.46. The molecule has 0 atom stereocenters. The minimum Gasteiger partial charge on any atom is -0.485 e. The summed E-state index contributed by atoms with van der Waals surface area (Å²) < 4.78 is 64.4. The molecule has 1 amide bonds. The number of hydrogen-bond acceptors (Lipinski definition) is 6. The number of amides is 1. The van der Waals surface area contributed by atoms with Crippen molar-refractivity contribution in [2.24, 2.45) is 7.05 Å². The highest BCUT2D eigenvalue weighted by atomic mass is 32.2. The Kier molecular flexibility index (Phi) is 6.34. The van der Waals surface area contributed by atoms with Crippen molar-refractivity contribution in [2.45, 2.75) is 38.3 Å². The van der Waals surface area contributed by atoms with Crippen molar-refractivity contribution >= 4 is 26.8 Å². The maximum Gasteiger partial charge on any atom is 0.256 e. The summed E-state index contributed by atoms with van der Waals surface area (Å²) in [5, 5.41) is 4.61. The van der Waals surface area contributed by atoms with Crippen LogP contribution in [0.1, 0.15) is 35.5 Å². The fourth-order valence-electron chi connectivity index (χ4n) is 5.11. The first-order chi connectivity index (χ1) is 19.0. The molecular formula is C28H27F2N5O4S. The number of halogens is 2. The van der Waals surface area contributed by atoms with E-state index in [1.54, 1.807) is 62.2 Å². The number of ether oxygens (including phenoxy) is 1. The molecule has 0 radical (unpaired) electrons. The Morgan fingerprint density at radius 1 is 1.10 bits per heavy atom. The molecule has 2 aliphatic rings. The van der Waals surface area contributed by atoms with Crippen molar-refractivity contribution in [3.63, 3.8) is 0 Å². The Morgan fingerprint density at radius 3 is 2.50 bits per heavy atom. The average Bonchev–Trinajstić information content (AvgIpc) is 3.42. The van der Waals surface area contributed by atoms with E-state index in [0.717, 1.165) is 0 Å². The predicted molar refractivity (Wildman–Crippen MR) is 144 cm³/mol. The molecule has 2 aromatic heterocycles. The normalized spacial score (nSPS) is 16.1. The minimum absolute atomic E-state index is 0.190. The molecule has 40 heavy (non-hydrogen) atoms. The van der Waals surface area contributed by atoms with Gasteiger partial charge in [-0.25, -0.2) is 17.2 Å². The molecule has 9 nitrogen and oxygen atoms in total. The van der Waals surface area contributed by atoms with Crippen LogP contribution < -0.4 is 4.74 Å². The van der Waals surface area contributed by atoms with E-state index >= 15 is 8.78 Å². The van der Waals surface area contributed by atoms with Gasteiger partial charge in [0.1, 0.15) is 29.0 Å². The summed E-state index contributed by atoms with van der Waals surface area (Å²) in [6, 6.07) is 9.22. The van der Waals surface area contributed by atoms with Crippen molar-refractivity contribution in [3.05, 3.63) is 77.2 Å². The van der Waals surface area contributed by atoms with E-state index in [4.69, 9.17) is 4.74 Å². The van der Waals surface area contributed by atoms with Crippen molar-refractivity contribution in [3.8, 4) is 16.9 Å². The number of sulfonamides is 1. The highest BCUT2D eigenvalue weighted by molar-refractivity contribution is 7.89. The maximum atomic E-state index is 15.3. The van der Waals surface area contributed by atoms with Gasteiger partial charge in [-0.2, -0.15) is 9.40 Å². The Bertz CT molecular complexity index is 1740. The number of rotatable bonds is 7. The standard InChI is InChI=1S/C28H27F2N5O4S/c1-16(2)40(37,38)35-11-18(12-35)39-26-7-6-19(21-13-33(3)32-27(21)26)17-9-23(29)22(24(30)10-17)14-34-15-25-20(28(34)36)5-4-8-31-25/h4-10,13,16,18H,11-12,14-15H2,1-3H3. The van der Waals surface area contributed by atoms with E-state index in [9.17, 15) is 13.2 Å². The van der Waals surface area contributed by atoms with Gasteiger partial charge in [0.15, 0.2) is 0 Å². The largest absolute Gasteiger partial charge is 0.485 e. The molecular weight excluding hydrogens is 540 g/mol. The first-order valence-electron chi connectivity index (χ1n) is 12.9. The number of aromatic nitrogens is 3. The third-order valence-corrected chi connectivity index (χ3v) is 9.58. The summed E-state index contributed by atoms with van der Waals surface area (Å²) >= 11 is 0. The van der Waals surface area contributed by atoms with Gasteiger partial charge in [0, 0.05) is 30.4 Å². The van der Waals surface area contributed by atoms with E-state index in [1.807, 2.05) is 0 Å². The van der Waals surface area contributed by atoms with Crippen LogP contribution in [0.25, 0.3) is 22.0 Å². The second-order valence-electron chi connectivity index (χ2n) is 10.4. The fraction of sp³-hybridized carbons (Fsp3) is 0.321. The summed E-state index contributed by atoms with van der Waals surface area (Å²) in [7, 11) is -1.61. The first-order valence-corrected chi connectivity index (χ1v) is 14.4. The SMILES string of the molecule is CC(C)S(=O)(=O)N1CC(Oc2ccc(-c3cc(F)c(CN4Cc5ncccc5C4=O)c(F)c3)c3cn(C)nc23)C1. The van der Waals surface area contributed by atoms with Crippen LogP contribution in [-0.2, 0) is 30.2 Å². The third kappa shape index (κ3) is 4.40. The molecule has 2 aliphatic heterocycles. The molecule has 0 N–H and O–H groups in total. The Hall–Kier alpha value is -3.90. The van der Waals surface area contributed by atoms with Crippen molar-refractivity contribution in [1.82, 2.24) is 24.0 Å². The number of carbonyl (C=O) groups excluding carboxylic acids is 1. The number of carbonyl (C=O) groups is 1. The second-order valence-corrected chi connectivity index (χ2v) is 12.9. The average molecular weight is 568 g/mol. The van der Waals surface area contributed by atoms with E-state index in [0.29, 0.717) is 39.0 Å². The highest BCUT2D eigenvalue weighted by Gasteiger charge is 2.39. The molecule has 1 fully saturated rings. The highest BCUT2D eigenvalue weighted by Crippen LogP contribution is 2.37. The van der Waals surface area contributed by atoms with Crippen molar-refractivity contribution in [1.29, 1.82) is 0 Å². The quantitative estimate of drug-likeness (QED) is 0.336. The zero-order valence-corrected chi connectivity index (χ0v) is 23.0. The second kappa shape index (κ2) is 9.63. The van der Waals surface area contributed by atoms with E-state index in [1.165, 1.54) is 21.3 Å². The molecule has 4 heterocycles. The van der Waals surface area contributed by atoms with Crippen LogP contribution in [0.15, 0.2) is 48.8 Å². The van der Waals surface area contributed by atoms with Crippen molar-refractivity contribution in [2.75, 3.05) is 13.1 Å². The van der Waals surface area contributed by atoms with Crippen molar-refractivity contribution < 1.29 is 26.7 Å². The van der Waals surface area contributed by atoms with Crippen LogP contribution >= 0.6 is 0 Å². The molecule has 0 aliphatic carbocycles. The predicted octanol–water partition coefficient (Wildman–Crippen LogP) is 3.87. The van der Waals surface area contributed by atoms with E-state index in [-0.39, 0.29) is 43.8 Å². The minimum atomic E-state index is -3.35. The van der Waals surface area contributed by atoms with Gasteiger partial charge in [0.2, 0.25) is 10.0 Å². The lowest BCUT2D eigenvalue weighted by molar-refractivity contribution is 0.0763. The summed E-state index contributed by atoms with van der Waals surface area (Å²) in [6.07, 6.45) is 3.00. The number of aryl methyl sites for hydroxylation is 1. The summed E-state index contributed by atoms with van der Waals surface area (Å²) in [5.41, 5.74) is 2.21. The molecule has 2 aromatic carbocycles. The first kappa shape index (κ1) is 26.3. The molecule has 4 aromatic rings. The van der Waals surface area contributed by atoms with Crippen LogP contribution in [-0.4, -0.2) is 62.7 Å². The van der Waals surface area contributed by atoms with Gasteiger partial charge in [0.05, 0.1) is 42.7 Å². The summed E-state index contributed by atoms with van der Waals surface area (Å²) in [4.78, 5) is 18.2. The van der Waals surface area contributed by atoms with Crippen LogP contribution in [0.5, 0.6) is 5.75 Å². The number of benzene rings is 2. The monoisotopic (exact) mass is 567 g/mol. The molecule has 12 heteroatoms. The van der Waals surface area contributed by atoms with Gasteiger partial charge < -0.3 is 9.64 Å². The molecule has 0 spiro atoms. The lowest BCUT2D eigenvalue weighted by Crippen LogP contribution is -2.57. The number of pyridine rings is 1. The zero-order valence-electron chi connectivity index (χ0n) is 22.1. The van der Waals surface area contributed by atoms with Crippen LogP contribution in [0.2, 0.25) is 0 Å². The van der Waals surface area contributed by atoms with E-state index in [2.05, 4.69) is 10.1 Å². The zero-order chi connectivity index (χ0) is 28.3. The van der Waals surface area contributed by atoms with Gasteiger partial charge in [-0.05, 0) is 61.4 Å². The van der Waals surface area contributed by atoms with Crippen LogP contribution in [0.3, 0.4) is 0 Å². The maximum absolute atomic E-state index is 15.3. The molecule has 0 unspecified atom stereocenters. The topological polar surface area (TPSA) is 97.6 Å².